The van der Waals surface area contributed by atoms with E-state index in [0.29, 0.717) is 0 Å². The smallest absolute Gasteiger partial charge is 0.157 e. The third-order valence-electron chi connectivity index (χ3n) is 10.5. The number of hydrogen-bond donors (Lipinski definition) is 2. The molecule has 5 heterocycles. The second kappa shape index (κ2) is 9.83. The fourth-order valence-corrected chi connectivity index (χ4v) is 9.85. The first-order chi connectivity index (χ1) is 22.7. The maximum atomic E-state index is 6.47. The van der Waals surface area contributed by atoms with Gasteiger partial charge in [0.25, 0.3) is 0 Å². The van der Waals surface area contributed by atoms with Crippen LogP contribution in [0.15, 0.2) is 117 Å². The summed E-state index contributed by atoms with van der Waals surface area (Å²) in [5.74, 6) is 3.87. The molecule has 6 atom stereocenters. The number of ether oxygens (including phenoxy) is 1. The number of amidine groups is 2. The Balaban J connectivity index is 1.19. The number of fused-ring (bicyclic) bond motifs is 10. The molecule has 0 radical (unpaired) electrons. The van der Waals surface area contributed by atoms with Crippen molar-refractivity contribution in [3.8, 4) is 11.5 Å². The third kappa shape index (κ3) is 3.64. The Kier molecular flexibility index (Phi) is 5.64. The molecule has 6 unspecified atom stereocenters. The number of benzene rings is 4. The van der Waals surface area contributed by atoms with Crippen LogP contribution in [0.3, 0.4) is 0 Å². The highest BCUT2D eigenvalue weighted by molar-refractivity contribution is 7.99. The molecule has 230 valence electrons. The summed E-state index contributed by atoms with van der Waals surface area (Å²) in [6, 6.07) is 35.4. The van der Waals surface area contributed by atoms with Crippen LogP contribution in [0.5, 0.6) is 11.5 Å². The Bertz CT molecular complexity index is 1860. The van der Waals surface area contributed by atoms with Gasteiger partial charge in [0.2, 0.25) is 0 Å². The van der Waals surface area contributed by atoms with Gasteiger partial charge in [0, 0.05) is 15.8 Å². The summed E-state index contributed by atoms with van der Waals surface area (Å²) in [6.45, 7) is 4.29. The molecule has 1 saturated carbocycles. The lowest BCUT2D eigenvalue weighted by Crippen LogP contribution is -2.77. The molecule has 10 rings (SSSR count). The van der Waals surface area contributed by atoms with E-state index >= 15 is 0 Å². The number of nitrogens with one attached hydrogen (secondary N) is 2. The number of anilines is 4. The van der Waals surface area contributed by atoms with Crippen LogP contribution in [0.4, 0.5) is 22.7 Å². The number of hydrazone groups is 2. The van der Waals surface area contributed by atoms with E-state index in [4.69, 9.17) is 14.9 Å². The first-order valence-electron chi connectivity index (χ1n) is 16.1. The van der Waals surface area contributed by atoms with Crippen LogP contribution in [-0.4, -0.2) is 58.0 Å². The van der Waals surface area contributed by atoms with Crippen molar-refractivity contribution in [3.63, 3.8) is 0 Å². The molecule has 10 heteroatoms. The van der Waals surface area contributed by atoms with Crippen molar-refractivity contribution >= 4 is 46.2 Å². The first-order valence-corrected chi connectivity index (χ1v) is 16.9. The van der Waals surface area contributed by atoms with Gasteiger partial charge in [-0.1, -0.05) is 60.3 Å². The molecule has 0 spiro atoms. The largest absolute Gasteiger partial charge is 0.453 e. The fraction of sp³-hybridized carbons (Fsp3) is 0.278. The summed E-state index contributed by atoms with van der Waals surface area (Å²) in [7, 11) is 0. The van der Waals surface area contributed by atoms with E-state index in [-0.39, 0.29) is 36.5 Å². The quantitative estimate of drug-likeness (QED) is 0.257. The SMILES string of the molecule is CC1=NNC2C3NN=C(C)N3C3C(N4c5ccccc5Sc5ccccc54)CC(N4c5ccccc5Oc5ccccc54)CC3N12. The van der Waals surface area contributed by atoms with Crippen molar-refractivity contribution < 1.29 is 4.74 Å². The molecule has 6 aliphatic rings. The minimum Gasteiger partial charge on any atom is -0.453 e. The molecule has 5 aliphatic heterocycles. The van der Waals surface area contributed by atoms with Crippen LogP contribution in [0.1, 0.15) is 26.7 Å². The van der Waals surface area contributed by atoms with E-state index in [1.165, 1.54) is 21.2 Å². The molecule has 1 aliphatic carbocycles. The molecule has 9 nitrogen and oxygen atoms in total. The summed E-state index contributed by atoms with van der Waals surface area (Å²) in [5.41, 5.74) is 11.7. The molecule has 4 aromatic carbocycles. The van der Waals surface area contributed by atoms with Gasteiger partial charge in [0.05, 0.1) is 40.9 Å². The van der Waals surface area contributed by atoms with Crippen LogP contribution in [0.25, 0.3) is 0 Å². The van der Waals surface area contributed by atoms with E-state index in [2.05, 4.69) is 141 Å². The summed E-state index contributed by atoms with van der Waals surface area (Å²) < 4.78 is 6.47. The lowest BCUT2D eigenvalue weighted by molar-refractivity contribution is -0.0220. The Morgan fingerprint density at radius 1 is 0.609 bits per heavy atom. The molecule has 2 N–H and O–H groups in total. The zero-order chi connectivity index (χ0) is 30.5. The summed E-state index contributed by atoms with van der Waals surface area (Å²) >= 11 is 1.87. The number of para-hydroxylation sites is 6. The van der Waals surface area contributed by atoms with Crippen LogP contribution in [0, 0.1) is 0 Å². The van der Waals surface area contributed by atoms with Gasteiger partial charge in [-0.25, -0.2) is 0 Å². The Labute approximate surface area is 272 Å². The lowest BCUT2D eigenvalue weighted by Gasteiger charge is -2.60. The van der Waals surface area contributed by atoms with E-state index in [1.54, 1.807) is 0 Å². The Hall–Kier alpha value is -4.83. The Morgan fingerprint density at radius 2 is 1.11 bits per heavy atom. The predicted octanol–water partition coefficient (Wildman–Crippen LogP) is 6.64. The van der Waals surface area contributed by atoms with Gasteiger partial charge < -0.3 is 24.3 Å². The van der Waals surface area contributed by atoms with Gasteiger partial charge in [-0.05, 0) is 75.2 Å². The molecule has 4 aromatic rings. The first kappa shape index (κ1) is 26.4. The maximum Gasteiger partial charge on any atom is 0.157 e. The van der Waals surface area contributed by atoms with Crippen LogP contribution in [-0.2, 0) is 0 Å². The van der Waals surface area contributed by atoms with Crippen molar-refractivity contribution in [2.75, 3.05) is 9.80 Å². The minimum absolute atomic E-state index is 0.0115. The van der Waals surface area contributed by atoms with Crippen LogP contribution < -0.4 is 25.4 Å². The molecular formula is C36H34N8OS. The zero-order valence-corrected chi connectivity index (χ0v) is 26.4. The maximum absolute atomic E-state index is 6.47. The molecule has 0 aromatic heterocycles. The number of rotatable bonds is 2. The predicted molar refractivity (Wildman–Crippen MR) is 182 cm³/mol. The number of hydrogen-bond acceptors (Lipinski definition) is 10. The van der Waals surface area contributed by atoms with Crippen molar-refractivity contribution in [2.24, 2.45) is 10.2 Å². The summed E-state index contributed by atoms with van der Waals surface area (Å²) in [5, 5.41) is 9.62. The van der Waals surface area contributed by atoms with E-state index in [1.807, 2.05) is 11.8 Å². The average molecular weight is 627 g/mol. The highest BCUT2D eigenvalue weighted by Crippen LogP contribution is 2.55. The molecule has 1 saturated heterocycles. The summed E-state index contributed by atoms with van der Waals surface area (Å²) in [4.78, 5) is 12.9. The second-order valence-electron chi connectivity index (χ2n) is 12.8. The molecule has 2 fully saturated rings. The third-order valence-corrected chi connectivity index (χ3v) is 11.6. The number of piperazine rings is 1. The van der Waals surface area contributed by atoms with Gasteiger partial charge in [-0.3, -0.25) is 10.9 Å². The minimum atomic E-state index is -0.0176. The summed E-state index contributed by atoms with van der Waals surface area (Å²) in [6.07, 6.45) is 1.87. The highest BCUT2D eigenvalue weighted by Gasteiger charge is 2.59. The van der Waals surface area contributed by atoms with Crippen LogP contribution in [0.2, 0.25) is 0 Å². The van der Waals surface area contributed by atoms with Crippen molar-refractivity contribution in [1.82, 2.24) is 20.7 Å². The normalized spacial score (nSPS) is 28.1. The highest BCUT2D eigenvalue weighted by atomic mass is 32.2. The monoisotopic (exact) mass is 626 g/mol. The molecular weight excluding hydrogens is 593 g/mol. The lowest BCUT2D eigenvalue weighted by atomic mass is 9.76. The fourth-order valence-electron chi connectivity index (χ4n) is 8.78. The van der Waals surface area contributed by atoms with Gasteiger partial charge in [0.1, 0.15) is 11.7 Å². The zero-order valence-electron chi connectivity index (χ0n) is 25.6. The van der Waals surface area contributed by atoms with Gasteiger partial charge >= 0.3 is 0 Å². The molecule has 0 bridgehead atoms. The molecule has 46 heavy (non-hydrogen) atoms. The van der Waals surface area contributed by atoms with E-state index in [0.717, 1.165) is 47.4 Å². The van der Waals surface area contributed by atoms with E-state index in [9.17, 15) is 0 Å². The van der Waals surface area contributed by atoms with Gasteiger partial charge in [-0.2, -0.15) is 10.2 Å². The van der Waals surface area contributed by atoms with Crippen LogP contribution >= 0.6 is 11.8 Å². The van der Waals surface area contributed by atoms with Crippen molar-refractivity contribution in [2.45, 2.75) is 73.0 Å². The van der Waals surface area contributed by atoms with Gasteiger partial charge in [0.15, 0.2) is 23.8 Å². The van der Waals surface area contributed by atoms with E-state index < -0.39 is 0 Å². The molecule has 0 amide bonds. The standard InChI is InChI=1S/C36H34N8OS/c1-21-37-39-35-36-40-38-22(2)42(36)34-28(41(21)35)19-23(43-24-11-3-7-15-30(24)45-31-16-8-4-12-25(31)43)20-29(34)44-26-13-5-9-17-32(26)46-33-18-10-6-14-27(33)44/h3-18,23,28-29,34-36,39-40H,19-20H2,1-2H3. The van der Waals surface area contributed by atoms with Crippen molar-refractivity contribution in [1.29, 1.82) is 0 Å². The Morgan fingerprint density at radius 3 is 1.74 bits per heavy atom. The van der Waals surface area contributed by atoms with Gasteiger partial charge in [-0.15, -0.1) is 0 Å². The average Bonchev–Trinajstić information content (AvgIpc) is 3.68. The number of nitrogens with zero attached hydrogens (tertiary/aromatic N) is 6. The second-order valence-corrected chi connectivity index (χ2v) is 13.9. The van der Waals surface area contributed by atoms with Crippen molar-refractivity contribution in [3.05, 3.63) is 97.1 Å². The topological polar surface area (TPSA) is 71.0 Å².